The van der Waals surface area contributed by atoms with E-state index in [0.29, 0.717) is 6.54 Å². The van der Waals surface area contributed by atoms with Crippen LogP contribution in [0.3, 0.4) is 0 Å². The van der Waals surface area contributed by atoms with Crippen LogP contribution in [0.5, 0.6) is 0 Å². The Balaban J connectivity index is 2.11. The van der Waals surface area contributed by atoms with E-state index >= 15 is 0 Å². The molecule has 2 aromatic heterocycles. The first kappa shape index (κ1) is 10.8. The number of aromatic amines is 1. The quantitative estimate of drug-likeness (QED) is 0.781. The molecule has 3 rings (SSSR count). The number of H-pyrrole nitrogens is 1. The van der Waals surface area contributed by atoms with Crippen LogP contribution in [0.15, 0.2) is 24.5 Å². The third-order valence-electron chi connectivity index (χ3n) is 2.87. The molecule has 0 saturated carbocycles. The molecule has 0 radical (unpaired) electrons. The Morgan fingerprint density at radius 3 is 3.00 bits per heavy atom. The molecule has 0 bridgehead atoms. The van der Waals surface area contributed by atoms with Crippen molar-refractivity contribution in [3.05, 3.63) is 39.4 Å². The summed E-state index contributed by atoms with van der Waals surface area (Å²) in [5.74, 6) is 0.0119. The van der Waals surface area contributed by atoms with E-state index < -0.39 is 0 Å². The number of nitrogens with one attached hydrogen (secondary N) is 2. The normalized spacial score (nSPS) is 14.3. The van der Waals surface area contributed by atoms with Crippen LogP contribution < -0.4 is 5.32 Å². The lowest BCUT2D eigenvalue weighted by molar-refractivity contribution is 0.0946. The highest BCUT2D eigenvalue weighted by molar-refractivity contribution is 14.1. The van der Waals surface area contributed by atoms with Gasteiger partial charge in [-0.25, -0.2) is 0 Å². The fraction of sp³-hybridized carbons (Fsp3) is 0.167. The number of pyridine rings is 1. The van der Waals surface area contributed by atoms with Gasteiger partial charge in [0, 0.05) is 45.9 Å². The summed E-state index contributed by atoms with van der Waals surface area (Å²) < 4.78 is 1.07. The molecule has 2 N–H and O–H groups in total. The van der Waals surface area contributed by atoms with E-state index in [4.69, 9.17) is 0 Å². The number of carbonyl (C=O) groups is 1. The van der Waals surface area contributed by atoms with E-state index in [-0.39, 0.29) is 5.91 Å². The summed E-state index contributed by atoms with van der Waals surface area (Å²) in [4.78, 5) is 19.1. The molecule has 86 valence electrons. The van der Waals surface area contributed by atoms with Crippen molar-refractivity contribution in [2.45, 2.75) is 6.42 Å². The van der Waals surface area contributed by atoms with Gasteiger partial charge in [-0.05, 0) is 34.7 Å². The highest BCUT2D eigenvalue weighted by Gasteiger charge is 2.20. The molecule has 1 amide bonds. The average Bonchev–Trinajstić information content (AvgIpc) is 2.75. The van der Waals surface area contributed by atoms with Crippen molar-refractivity contribution >= 4 is 28.5 Å². The second-order valence-corrected chi connectivity index (χ2v) is 5.10. The molecular formula is C12H10IN3O. The van der Waals surface area contributed by atoms with E-state index in [1.807, 2.05) is 18.3 Å². The molecule has 0 fully saturated rings. The van der Waals surface area contributed by atoms with Gasteiger partial charge in [0.2, 0.25) is 0 Å². The first-order chi connectivity index (χ1) is 8.25. The van der Waals surface area contributed by atoms with Crippen molar-refractivity contribution in [3.63, 3.8) is 0 Å². The standard InChI is InChI=1S/C12H10IN3O/c13-9-6-14-3-1-7(9)11-5-8-10(16-11)2-4-15-12(8)17/h1,3,5-6,16H,2,4H2,(H,15,17). The van der Waals surface area contributed by atoms with E-state index in [2.05, 4.69) is 37.9 Å². The minimum atomic E-state index is 0.0119. The van der Waals surface area contributed by atoms with Gasteiger partial charge in [0.25, 0.3) is 5.91 Å². The van der Waals surface area contributed by atoms with Crippen LogP contribution in [0.4, 0.5) is 0 Å². The Morgan fingerprint density at radius 2 is 2.24 bits per heavy atom. The van der Waals surface area contributed by atoms with Crippen molar-refractivity contribution in [1.82, 2.24) is 15.3 Å². The van der Waals surface area contributed by atoms with Gasteiger partial charge in [0.1, 0.15) is 0 Å². The number of nitrogens with zero attached hydrogens (tertiary/aromatic N) is 1. The molecule has 3 heterocycles. The molecule has 4 nitrogen and oxygen atoms in total. The second-order valence-electron chi connectivity index (χ2n) is 3.94. The van der Waals surface area contributed by atoms with Crippen molar-refractivity contribution < 1.29 is 4.79 Å². The summed E-state index contributed by atoms with van der Waals surface area (Å²) in [6.07, 6.45) is 4.44. The van der Waals surface area contributed by atoms with Crippen LogP contribution in [-0.2, 0) is 6.42 Å². The van der Waals surface area contributed by atoms with Gasteiger partial charge in [0.05, 0.1) is 5.56 Å². The predicted octanol–water partition coefficient (Wildman–Crippen LogP) is 1.97. The zero-order valence-electron chi connectivity index (χ0n) is 8.96. The topological polar surface area (TPSA) is 57.8 Å². The Bertz CT molecular complexity index is 591. The van der Waals surface area contributed by atoms with Gasteiger partial charge in [-0.2, -0.15) is 0 Å². The third-order valence-corrected chi connectivity index (χ3v) is 3.73. The third kappa shape index (κ3) is 1.84. The van der Waals surface area contributed by atoms with Crippen molar-refractivity contribution in [2.24, 2.45) is 0 Å². The summed E-state index contributed by atoms with van der Waals surface area (Å²) in [6, 6.07) is 3.87. The number of rotatable bonds is 1. The first-order valence-corrected chi connectivity index (χ1v) is 6.43. The maximum Gasteiger partial charge on any atom is 0.253 e. The molecule has 1 aliphatic rings. The molecule has 0 spiro atoms. The Morgan fingerprint density at radius 1 is 1.35 bits per heavy atom. The average molecular weight is 339 g/mol. The lowest BCUT2D eigenvalue weighted by Crippen LogP contribution is -2.31. The lowest BCUT2D eigenvalue weighted by Gasteiger charge is -2.10. The number of amides is 1. The Hall–Kier alpha value is -1.37. The number of hydrogen-bond donors (Lipinski definition) is 2. The van der Waals surface area contributed by atoms with Crippen molar-refractivity contribution in [1.29, 1.82) is 0 Å². The first-order valence-electron chi connectivity index (χ1n) is 5.35. The summed E-state index contributed by atoms with van der Waals surface area (Å²) >= 11 is 2.25. The summed E-state index contributed by atoms with van der Waals surface area (Å²) in [6.45, 7) is 0.708. The second kappa shape index (κ2) is 4.14. The van der Waals surface area contributed by atoms with Crippen molar-refractivity contribution in [2.75, 3.05) is 6.54 Å². The molecular weight excluding hydrogens is 329 g/mol. The van der Waals surface area contributed by atoms with Crippen LogP contribution in [0.1, 0.15) is 16.1 Å². The summed E-state index contributed by atoms with van der Waals surface area (Å²) in [5, 5.41) is 2.84. The smallest absolute Gasteiger partial charge is 0.253 e. The van der Waals surface area contributed by atoms with E-state index in [0.717, 1.165) is 32.5 Å². The number of aromatic nitrogens is 2. The van der Waals surface area contributed by atoms with Crippen LogP contribution in [-0.4, -0.2) is 22.4 Å². The van der Waals surface area contributed by atoms with Gasteiger partial charge in [0.15, 0.2) is 0 Å². The molecule has 0 saturated heterocycles. The zero-order chi connectivity index (χ0) is 11.8. The molecule has 1 aliphatic heterocycles. The van der Waals surface area contributed by atoms with Gasteiger partial charge < -0.3 is 10.3 Å². The summed E-state index contributed by atoms with van der Waals surface area (Å²) in [7, 11) is 0. The van der Waals surface area contributed by atoms with Gasteiger partial charge in [-0.3, -0.25) is 9.78 Å². The molecule has 0 aliphatic carbocycles. The number of hydrogen-bond acceptors (Lipinski definition) is 2. The lowest BCUT2D eigenvalue weighted by atomic mass is 10.1. The van der Waals surface area contributed by atoms with Gasteiger partial charge in [-0.1, -0.05) is 0 Å². The molecule has 5 heteroatoms. The molecule has 2 aromatic rings. The highest BCUT2D eigenvalue weighted by atomic mass is 127. The molecule has 0 aromatic carbocycles. The molecule has 0 atom stereocenters. The Kier molecular flexibility index (Phi) is 2.62. The number of halogens is 1. The molecule has 0 unspecified atom stereocenters. The largest absolute Gasteiger partial charge is 0.358 e. The Labute approximate surface area is 112 Å². The monoisotopic (exact) mass is 339 g/mol. The van der Waals surface area contributed by atoms with E-state index in [1.165, 1.54) is 0 Å². The fourth-order valence-electron chi connectivity index (χ4n) is 2.03. The highest BCUT2D eigenvalue weighted by Crippen LogP contribution is 2.26. The minimum absolute atomic E-state index is 0.0119. The van der Waals surface area contributed by atoms with E-state index in [1.54, 1.807) is 6.20 Å². The predicted molar refractivity (Wildman–Crippen MR) is 72.8 cm³/mol. The zero-order valence-corrected chi connectivity index (χ0v) is 11.1. The summed E-state index contributed by atoms with van der Waals surface area (Å²) in [5.41, 5.74) is 3.86. The van der Waals surface area contributed by atoms with Crippen LogP contribution in [0.25, 0.3) is 11.3 Å². The van der Waals surface area contributed by atoms with E-state index in [9.17, 15) is 4.79 Å². The van der Waals surface area contributed by atoms with Gasteiger partial charge >= 0.3 is 0 Å². The SMILES string of the molecule is O=C1NCCc2[nH]c(-c3ccncc3I)cc21. The van der Waals surface area contributed by atoms with Crippen LogP contribution in [0, 0.1) is 3.57 Å². The van der Waals surface area contributed by atoms with Crippen molar-refractivity contribution in [3.8, 4) is 11.3 Å². The number of fused-ring (bicyclic) bond motifs is 1. The van der Waals surface area contributed by atoms with Gasteiger partial charge in [-0.15, -0.1) is 0 Å². The molecule has 17 heavy (non-hydrogen) atoms. The maximum absolute atomic E-state index is 11.7. The minimum Gasteiger partial charge on any atom is -0.358 e. The maximum atomic E-state index is 11.7. The number of carbonyl (C=O) groups excluding carboxylic acids is 1. The fourth-order valence-corrected chi connectivity index (χ4v) is 2.66. The van der Waals surface area contributed by atoms with Crippen LogP contribution in [0.2, 0.25) is 0 Å². The van der Waals surface area contributed by atoms with Crippen LogP contribution >= 0.6 is 22.6 Å².